The molecule has 54 heavy (non-hydrogen) atoms. The van der Waals surface area contributed by atoms with E-state index in [0.717, 1.165) is 51.2 Å². The first-order chi connectivity index (χ1) is 26.6. The van der Waals surface area contributed by atoms with E-state index in [1.807, 2.05) is 0 Å². The average Bonchev–Trinajstić information content (AvgIpc) is 3.46. The van der Waals surface area contributed by atoms with Crippen LogP contribution in [0.5, 0.6) is 0 Å². The van der Waals surface area contributed by atoms with Crippen molar-refractivity contribution in [1.82, 2.24) is 0 Å². The van der Waals surface area contributed by atoms with Crippen LogP contribution in [0.15, 0.2) is 212 Å². The van der Waals surface area contributed by atoms with Crippen LogP contribution in [0.1, 0.15) is 25.0 Å². The Morgan fingerprint density at radius 2 is 0.574 bits per heavy atom. The van der Waals surface area contributed by atoms with Crippen LogP contribution in [0.3, 0.4) is 0 Å². The van der Waals surface area contributed by atoms with Gasteiger partial charge in [0.05, 0.1) is 0 Å². The number of para-hydroxylation sites is 4. The Bertz CT molecular complexity index is 2490. The van der Waals surface area contributed by atoms with Gasteiger partial charge in [-0.3, -0.25) is 0 Å². The summed E-state index contributed by atoms with van der Waals surface area (Å²) in [5.41, 5.74) is 15.1. The summed E-state index contributed by atoms with van der Waals surface area (Å²) in [6.45, 7) is 4.69. The molecule has 0 fully saturated rings. The highest BCUT2D eigenvalue weighted by Crippen LogP contribution is 2.51. The molecule has 0 aromatic heterocycles. The highest BCUT2D eigenvalue weighted by atomic mass is 15.2. The topological polar surface area (TPSA) is 9.72 Å². The zero-order chi connectivity index (χ0) is 36.5. The predicted molar refractivity (Wildman–Crippen MR) is 228 cm³/mol. The van der Waals surface area contributed by atoms with Crippen molar-refractivity contribution in [3.8, 4) is 11.1 Å². The third-order valence-electron chi connectivity index (χ3n) is 10.6. The lowest BCUT2D eigenvalue weighted by molar-refractivity contribution is 0.660. The summed E-state index contributed by atoms with van der Waals surface area (Å²) < 4.78 is 0. The Labute approximate surface area is 318 Å². The van der Waals surface area contributed by atoms with Gasteiger partial charge in [-0.15, -0.1) is 0 Å². The summed E-state index contributed by atoms with van der Waals surface area (Å²) in [5.74, 6) is 0. The van der Waals surface area contributed by atoms with Crippen LogP contribution in [-0.4, -0.2) is 0 Å². The largest absolute Gasteiger partial charge is 0.310 e. The third-order valence-corrected chi connectivity index (χ3v) is 10.6. The van der Waals surface area contributed by atoms with Gasteiger partial charge in [0.15, 0.2) is 0 Å². The molecule has 0 bridgehead atoms. The van der Waals surface area contributed by atoms with Crippen molar-refractivity contribution in [2.45, 2.75) is 19.3 Å². The summed E-state index contributed by atoms with van der Waals surface area (Å²) in [7, 11) is 0. The smallest absolute Gasteiger partial charge is 0.0482 e. The van der Waals surface area contributed by atoms with Crippen LogP contribution >= 0.6 is 0 Å². The summed E-state index contributed by atoms with van der Waals surface area (Å²) >= 11 is 0. The molecule has 0 radical (unpaired) electrons. The zero-order valence-corrected chi connectivity index (χ0v) is 30.5. The minimum Gasteiger partial charge on any atom is -0.310 e. The van der Waals surface area contributed by atoms with E-state index in [1.54, 1.807) is 0 Å². The van der Waals surface area contributed by atoms with Crippen LogP contribution in [0, 0.1) is 0 Å². The number of fused-ring (bicyclic) bond motifs is 3. The van der Waals surface area contributed by atoms with Crippen molar-refractivity contribution >= 4 is 51.2 Å². The maximum Gasteiger partial charge on any atom is 0.0482 e. The van der Waals surface area contributed by atoms with Gasteiger partial charge >= 0.3 is 0 Å². The molecule has 8 aromatic carbocycles. The first kappa shape index (κ1) is 33.0. The second kappa shape index (κ2) is 13.9. The minimum absolute atomic E-state index is 0.103. The van der Waals surface area contributed by atoms with Crippen molar-refractivity contribution in [3.05, 3.63) is 223 Å². The molecule has 0 spiro atoms. The van der Waals surface area contributed by atoms with E-state index in [-0.39, 0.29) is 5.41 Å². The number of anilines is 9. The van der Waals surface area contributed by atoms with Gasteiger partial charge in [-0.05, 0) is 119 Å². The highest BCUT2D eigenvalue weighted by molar-refractivity contribution is 5.88. The molecule has 1 aliphatic carbocycles. The highest BCUT2D eigenvalue weighted by Gasteiger charge is 2.35. The van der Waals surface area contributed by atoms with Gasteiger partial charge < -0.3 is 14.7 Å². The van der Waals surface area contributed by atoms with Crippen LogP contribution < -0.4 is 14.7 Å². The molecule has 0 N–H and O–H groups in total. The summed E-state index contributed by atoms with van der Waals surface area (Å²) in [6, 6.07) is 76.1. The fraction of sp³-hybridized carbons (Fsp3) is 0.0588. The molecule has 3 heteroatoms. The fourth-order valence-corrected chi connectivity index (χ4v) is 8.02. The van der Waals surface area contributed by atoms with Crippen LogP contribution in [0.4, 0.5) is 51.2 Å². The Kier molecular flexibility index (Phi) is 8.53. The first-order valence-corrected chi connectivity index (χ1v) is 18.6. The number of benzene rings is 8. The Morgan fingerprint density at radius 1 is 0.259 bits per heavy atom. The maximum atomic E-state index is 2.40. The summed E-state index contributed by atoms with van der Waals surface area (Å²) in [4.78, 5) is 7.05. The first-order valence-electron chi connectivity index (χ1n) is 18.6. The van der Waals surface area contributed by atoms with Gasteiger partial charge in [0.25, 0.3) is 0 Å². The number of nitrogens with zero attached hydrogens (tertiary/aromatic N) is 3. The molecule has 9 rings (SSSR count). The molecular formula is C51H41N3. The van der Waals surface area contributed by atoms with Crippen molar-refractivity contribution in [1.29, 1.82) is 0 Å². The molecule has 3 nitrogen and oxygen atoms in total. The molecule has 0 aliphatic heterocycles. The lowest BCUT2D eigenvalue weighted by atomic mass is 9.82. The van der Waals surface area contributed by atoms with E-state index in [2.05, 4.69) is 241 Å². The zero-order valence-electron chi connectivity index (χ0n) is 30.5. The van der Waals surface area contributed by atoms with E-state index in [4.69, 9.17) is 0 Å². The van der Waals surface area contributed by atoms with Gasteiger partial charge in [-0.2, -0.15) is 0 Å². The standard InChI is InChI=1S/C51H41N3/c1-51(2)49-32-16-15-31-47(49)48-34-33-46(37-50(48)51)54(41-25-13-6-14-26-41)45-30-18-29-44(36-45)53(40-23-11-5-12-24-40)43-28-17-27-42(35-43)52(38-19-7-3-8-20-38)39-21-9-4-10-22-39/h3-37H,1-2H3. The monoisotopic (exact) mass is 695 g/mol. The van der Waals surface area contributed by atoms with Gasteiger partial charge in [0.2, 0.25) is 0 Å². The van der Waals surface area contributed by atoms with Crippen LogP contribution in [0.25, 0.3) is 11.1 Å². The van der Waals surface area contributed by atoms with E-state index in [1.165, 1.54) is 22.3 Å². The molecule has 0 heterocycles. The predicted octanol–water partition coefficient (Wildman–Crippen LogP) is 14.4. The SMILES string of the molecule is CC1(C)c2ccccc2-c2ccc(N(c3ccccc3)c3cccc(N(c4ccccc4)c4cccc(N(c5ccccc5)c5ccccc5)c4)c3)cc21. The van der Waals surface area contributed by atoms with Gasteiger partial charge in [-0.25, -0.2) is 0 Å². The molecule has 1 aliphatic rings. The van der Waals surface area contributed by atoms with Crippen molar-refractivity contribution in [2.75, 3.05) is 14.7 Å². The van der Waals surface area contributed by atoms with E-state index in [9.17, 15) is 0 Å². The number of hydrogen-bond donors (Lipinski definition) is 0. The van der Waals surface area contributed by atoms with Gasteiger partial charge in [-0.1, -0.05) is 129 Å². The van der Waals surface area contributed by atoms with Crippen molar-refractivity contribution in [3.63, 3.8) is 0 Å². The van der Waals surface area contributed by atoms with E-state index in [0.29, 0.717) is 0 Å². The summed E-state index contributed by atoms with van der Waals surface area (Å²) in [5, 5.41) is 0. The maximum absolute atomic E-state index is 2.40. The minimum atomic E-state index is -0.103. The Morgan fingerprint density at radius 3 is 1.00 bits per heavy atom. The molecule has 0 saturated carbocycles. The third kappa shape index (κ3) is 6.00. The Hall–Kier alpha value is -6.84. The van der Waals surface area contributed by atoms with E-state index >= 15 is 0 Å². The van der Waals surface area contributed by atoms with Crippen molar-refractivity contribution < 1.29 is 0 Å². The molecule has 260 valence electrons. The van der Waals surface area contributed by atoms with Gasteiger partial charge in [0, 0.05) is 56.6 Å². The molecule has 0 saturated heterocycles. The molecular weight excluding hydrogens is 655 g/mol. The number of hydrogen-bond acceptors (Lipinski definition) is 3. The van der Waals surface area contributed by atoms with Crippen LogP contribution in [-0.2, 0) is 5.41 Å². The molecule has 8 aromatic rings. The fourth-order valence-electron chi connectivity index (χ4n) is 8.02. The van der Waals surface area contributed by atoms with E-state index < -0.39 is 0 Å². The molecule has 0 unspecified atom stereocenters. The van der Waals surface area contributed by atoms with Crippen molar-refractivity contribution in [2.24, 2.45) is 0 Å². The molecule has 0 amide bonds. The summed E-state index contributed by atoms with van der Waals surface area (Å²) in [6.07, 6.45) is 0. The lowest BCUT2D eigenvalue weighted by Crippen LogP contribution is -2.17. The molecule has 0 atom stereocenters. The number of rotatable bonds is 9. The second-order valence-corrected chi connectivity index (χ2v) is 14.3. The van der Waals surface area contributed by atoms with Gasteiger partial charge in [0.1, 0.15) is 0 Å². The normalized spacial score (nSPS) is 12.4. The second-order valence-electron chi connectivity index (χ2n) is 14.3. The lowest BCUT2D eigenvalue weighted by Gasteiger charge is -2.31. The quantitative estimate of drug-likeness (QED) is 0.149. The Balaban J connectivity index is 1.18. The average molecular weight is 696 g/mol. The van der Waals surface area contributed by atoms with Crippen LogP contribution in [0.2, 0.25) is 0 Å².